The number of nitrogens with one attached hydrogen (secondary N) is 1. The van der Waals surface area contributed by atoms with Gasteiger partial charge in [-0.15, -0.1) is 11.3 Å². The lowest BCUT2D eigenvalue weighted by Gasteiger charge is -2.24. The van der Waals surface area contributed by atoms with Crippen LogP contribution >= 0.6 is 11.3 Å². The lowest BCUT2D eigenvalue weighted by atomic mass is 9.96. The van der Waals surface area contributed by atoms with Crippen molar-refractivity contribution in [2.75, 3.05) is 0 Å². The highest BCUT2D eigenvalue weighted by molar-refractivity contribution is 7.18. The van der Waals surface area contributed by atoms with E-state index in [4.69, 9.17) is 4.74 Å². The maximum absolute atomic E-state index is 11.5. The molecule has 1 aliphatic carbocycles. The minimum atomic E-state index is -0.333. The summed E-state index contributed by atoms with van der Waals surface area (Å²) < 4.78 is 6.38. The second-order valence-electron chi connectivity index (χ2n) is 4.89. The summed E-state index contributed by atoms with van der Waals surface area (Å²) in [5, 5.41) is 3.67. The highest BCUT2D eigenvalue weighted by Crippen LogP contribution is 2.23. The highest BCUT2D eigenvalue weighted by Gasteiger charge is 2.21. The summed E-state index contributed by atoms with van der Waals surface area (Å²) in [5.41, 5.74) is 2.19. The minimum absolute atomic E-state index is 0.123. The van der Waals surface area contributed by atoms with Gasteiger partial charge in [0.25, 0.3) is 0 Å². The van der Waals surface area contributed by atoms with Crippen molar-refractivity contribution >= 4 is 27.6 Å². The average molecular weight is 276 g/mol. The largest absolute Gasteiger partial charge is 0.446 e. The summed E-state index contributed by atoms with van der Waals surface area (Å²) >= 11 is 1.61. The van der Waals surface area contributed by atoms with Crippen molar-refractivity contribution in [3.63, 3.8) is 0 Å². The van der Waals surface area contributed by atoms with E-state index in [0.29, 0.717) is 6.54 Å². The summed E-state index contributed by atoms with van der Waals surface area (Å²) in [5.74, 6) is 0. The van der Waals surface area contributed by atoms with E-state index in [1.54, 1.807) is 11.3 Å². The molecule has 1 heterocycles. The van der Waals surface area contributed by atoms with Crippen LogP contribution in [0.5, 0.6) is 0 Å². The van der Waals surface area contributed by atoms with Crippen LogP contribution in [0.3, 0.4) is 0 Å². The van der Waals surface area contributed by atoms with Gasteiger partial charge >= 0.3 is 6.09 Å². The average Bonchev–Trinajstić information content (AvgIpc) is 2.73. The Morgan fingerprint density at radius 3 is 3.11 bits per heavy atom. The van der Waals surface area contributed by atoms with E-state index < -0.39 is 0 Å². The van der Waals surface area contributed by atoms with Gasteiger partial charge in [0.15, 0.2) is 0 Å². The fourth-order valence-corrected chi connectivity index (χ4v) is 2.88. The van der Waals surface area contributed by atoms with Crippen molar-refractivity contribution in [1.82, 2.24) is 10.3 Å². The number of fused-ring (bicyclic) bond motifs is 1. The maximum atomic E-state index is 11.5. The van der Waals surface area contributed by atoms with E-state index in [0.717, 1.165) is 34.5 Å². The summed E-state index contributed by atoms with van der Waals surface area (Å²) in [7, 11) is 0. The first-order valence-corrected chi connectivity index (χ1v) is 7.33. The van der Waals surface area contributed by atoms with Crippen LogP contribution in [0, 0.1) is 6.92 Å². The van der Waals surface area contributed by atoms with E-state index in [9.17, 15) is 4.79 Å². The Morgan fingerprint density at radius 1 is 1.53 bits per heavy atom. The normalized spacial score (nSPS) is 15.2. The van der Waals surface area contributed by atoms with Gasteiger partial charge in [-0.1, -0.05) is 6.07 Å². The molecular weight excluding hydrogens is 260 g/mol. The zero-order chi connectivity index (χ0) is 13.2. The second kappa shape index (κ2) is 5.17. The molecule has 1 N–H and O–H groups in total. The summed E-state index contributed by atoms with van der Waals surface area (Å²) in [4.78, 5) is 16.0. The van der Waals surface area contributed by atoms with E-state index >= 15 is 0 Å². The number of ether oxygens (including phenoxy) is 1. The topological polar surface area (TPSA) is 51.2 Å². The van der Waals surface area contributed by atoms with Crippen molar-refractivity contribution in [2.45, 2.75) is 38.8 Å². The summed E-state index contributed by atoms with van der Waals surface area (Å²) in [6, 6.07) is 6.20. The molecule has 1 amide bonds. The van der Waals surface area contributed by atoms with Gasteiger partial charge in [-0.2, -0.15) is 0 Å². The van der Waals surface area contributed by atoms with Crippen molar-refractivity contribution in [3.8, 4) is 0 Å². The number of thiazole rings is 1. The van der Waals surface area contributed by atoms with E-state index in [1.165, 1.54) is 5.56 Å². The fourth-order valence-electron chi connectivity index (χ4n) is 1.99. The van der Waals surface area contributed by atoms with Crippen LogP contribution in [0.1, 0.15) is 29.8 Å². The van der Waals surface area contributed by atoms with Gasteiger partial charge in [-0.3, -0.25) is 0 Å². The number of aryl methyl sites for hydroxylation is 1. The highest BCUT2D eigenvalue weighted by atomic mass is 32.1. The van der Waals surface area contributed by atoms with Gasteiger partial charge in [0.2, 0.25) is 0 Å². The number of benzene rings is 1. The number of carbonyl (C=O) groups excluding carboxylic acids is 1. The Bertz CT molecular complexity index is 605. The molecule has 0 aliphatic heterocycles. The molecule has 1 saturated carbocycles. The zero-order valence-electron chi connectivity index (χ0n) is 10.8. The Kier molecular flexibility index (Phi) is 3.38. The predicted octanol–water partition coefficient (Wildman–Crippen LogP) is 3.38. The molecule has 0 atom stereocenters. The molecule has 1 aromatic carbocycles. The van der Waals surface area contributed by atoms with E-state index in [-0.39, 0.29) is 12.2 Å². The Hall–Kier alpha value is -1.62. The third kappa shape index (κ3) is 2.87. The van der Waals surface area contributed by atoms with Crippen LogP contribution in [0.15, 0.2) is 18.2 Å². The molecule has 19 heavy (non-hydrogen) atoms. The minimum Gasteiger partial charge on any atom is -0.446 e. The van der Waals surface area contributed by atoms with Crippen molar-refractivity contribution < 1.29 is 9.53 Å². The van der Waals surface area contributed by atoms with Crippen molar-refractivity contribution in [1.29, 1.82) is 0 Å². The number of hydrogen-bond acceptors (Lipinski definition) is 4. The van der Waals surface area contributed by atoms with Gasteiger partial charge in [0.05, 0.1) is 16.8 Å². The molecule has 0 saturated heterocycles. The monoisotopic (exact) mass is 276 g/mol. The number of amides is 1. The van der Waals surface area contributed by atoms with Crippen LogP contribution in [-0.2, 0) is 11.3 Å². The second-order valence-corrected chi connectivity index (χ2v) is 6.01. The van der Waals surface area contributed by atoms with Gasteiger partial charge in [0.1, 0.15) is 11.1 Å². The summed E-state index contributed by atoms with van der Waals surface area (Å²) in [6.07, 6.45) is 2.94. The van der Waals surface area contributed by atoms with Crippen LogP contribution in [0.4, 0.5) is 4.79 Å². The first-order chi connectivity index (χ1) is 9.20. The lowest BCUT2D eigenvalue weighted by Crippen LogP contribution is -2.31. The molecule has 4 nitrogen and oxygen atoms in total. The van der Waals surface area contributed by atoms with Gasteiger partial charge in [-0.25, -0.2) is 9.78 Å². The molecule has 5 heteroatoms. The Balaban J connectivity index is 1.59. The molecule has 100 valence electrons. The number of aromatic nitrogens is 1. The van der Waals surface area contributed by atoms with Crippen LogP contribution in [0.2, 0.25) is 0 Å². The Morgan fingerprint density at radius 2 is 2.37 bits per heavy atom. The lowest BCUT2D eigenvalue weighted by molar-refractivity contribution is 0.0522. The van der Waals surface area contributed by atoms with Crippen LogP contribution < -0.4 is 5.32 Å². The van der Waals surface area contributed by atoms with E-state index in [1.807, 2.05) is 6.92 Å². The number of alkyl carbamates (subject to hydrolysis) is 1. The number of nitrogens with zero attached hydrogens (tertiary/aromatic N) is 1. The number of rotatable bonds is 3. The molecule has 1 fully saturated rings. The molecule has 1 aliphatic rings. The van der Waals surface area contributed by atoms with E-state index in [2.05, 4.69) is 28.5 Å². The zero-order valence-corrected chi connectivity index (χ0v) is 11.6. The van der Waals surface area contributed by atoms with Crippen LogP contribution in [0.25, 0.3) is 10.2 Å². The molecule has 0 unspecified atom stereocenters. The predicted molar refractivity (Wildman–Crippen MR) is 75.3 cm³/mol. The molecule has 0 spiro atoms. The number of hydrogen-bond donors (Lipinski definition) is 1. The smallest absolute Gasteiger partial charge is 0.407 e. The number of carbonyl (C=O) groups is 1. The first-order valence-electron chi connectivity index (χ1n) is 6.51. The third-order valence-corrected chi connectivity index (χ3v) is 4.33. The molecular formula is C14H16N2O2S. The first kappa shape index (κ1) is 12.4. The van der Waals surface area contributed by atoms with Gasteiger partial charge < -0.3 is 10.1 Å². The van der Waals surface area contributed by atoms with Crippen molar-refractivity contribution in [2.24, 2.45) is 0 Å². The maximum Gasteiger partial charge on any atom is 0.407 e. The molecule has 0 radical (unpaired) electrons. The molecule has 2 aromatic rings. The fraction of sp³-hybridized carbons (Fsp3) is 0.429. The molecule has 0 bridgehead atoms. The summed E-state index contributed by atoms with van der Waals surface area (Å²) in [6.45, 7) is 2.48. The molecule has 1 aromatic heterocycles. The quantitative estimate of drug-likeness (QED) is 0.935. The van der Waals surface area contributed by atoms with Crippen LogP contribution in [-0.4, -0.2) is 17.2 Å². The SMILES string of the molecule is Cc1ccc2sc(CNC(=O)OC3CCC3)nc2c1. The van der Waals surface area contributed by atoms with Gasteiger partial charge in [-0.05, 0) is 43.9 Å². The third-order valence-electron chi connectivity index (χ3n) is 3.30. The van der Waals surface area contributed by atoms with Gasteiger partial charge in [0, 0.05) is 0 Å². The molecule has 3 rings (SSSR count). The Labute approximate surface area is 115 Å². The van der Waals surface area contributed by atoms with Crippen molar-refractivity contribution in [3.05, 3.63) is 28.8 Å². The standard InChI is InChI=1S/C14H16N2O2S/c1-9-5-6-12-11(7-9)16-13(19-12)8-15-14(17)18-10-3-2-4-10/h5-7,10H,2-4,8H2,1H3,(H,15,17).